The zero-order valence-electron chi connectivity index (χ0n) is 22.7. The molecule has 0 bridgehead atoms. The van der Waals surface area contributed by atoms with Crippen molar-refractivity contribution in [3.05, 3.63) is 117 Å². The monoisotopic (exact) mass is 550 g/mol. The van der Waals surface area contributed by atoms with Gasteiger partial charge in [-0.1, -0.05) is 72.8 Å². The summed E-state index contributed by atoms with van der Waals surface area (Å²) in [6.45, 7) is 6.10. The molecule has 0 N–H and O–H groups in total. The second kappa shape index (κ2) is 14.4. The van der Waals surface area contributed by atoms with Gasteiger partial charge in [-0.25, -0.2) is 4.79 Å². The summed E-state index contributed by atoms with van der Waals surface area (Å²) in [5.74, 6) is -0.999. The summed E-state index contributed by atoms with van der Waals surface area (Å²) in [6.07, 6.45) is 2.21. The Morgan fingerprint density at radius 2 is 1.54 bits per heavy atom. The molecular formula is C31H35ClN2O5. The second-order valence-corrected chi connectivity index (χ2v) is 10.0. The maximum atomic E-state index is 13.0. The predicted molar refractivity (Wildman–Crippen MR) is 156 cm³/mol. The number of likely N-dealkylation sites (N-methyl/N-ethyl adjacent to an activating group) is 1. The van der Waals surface area contributed by atoms with Crippen LogP contribution in [0.25, 0.3) is 6.08 Å². The van der Waals surface area contributed by atoms with Crippen LogP contribution in [-0.4, -0.2) is 47.3 Å². The third-order valence-electron chi connectivity index (χ3n) is 6.21. The Balaban J connectivity index is 0.00000533. The highest BCUT2D eigenvalue weighted by Gasteiger charge is 2.28. The van der Waals surface area contributed by atoms with E-state index in [4.69, 9.17) is 4.74 Å². The van der Waals surface area contributed by atoms with Crippen LogP contribution < -0.4 is 0 Å². The van der Waals surface area contributed by atoms with E-state index < -0.39 is 22.3 Å². The molecule has 3 aromatic carbocycles. The first-order valence-electron chi connectivity index (χ1n) is 12.5. The highest BCUT2D eigenvalue weighted by Crippen LogP contribution is 2.28. The van der Waals surface area contributed by atoms with E-state index >= 15 is 0 Å². The number of Topliss-reactive ketones (excluding diaryl/α,β-unsaturated/α-hetero) is 1. The number of rotatable bonds is 12. The number of halogens is 1. The van der Waals surface area contributed by atoms with E-state index in [0.717, 1.165) is 13.0 Å². The van der Waals surface area contributed by atoms with Crippen LogP contribution in [0.15, 0.2) is 90.5 Å². The van der Waals surface area contributed by atoms with Gasteiger partial charge in [0.15, 0.2) is 5.78 Å². The van der Waals surface area contributed by atoms with Gasteiger partial charge < -0.3 is 9.64 Å². The van der Waals surface area contributed by atoms with Crippen LogP contribution >= 0.6 is 12.4 Å². The minimum Gasteiger partial charge on any atom is -0.455 e. The number of nitro groups is 1. The summed E-state index contributed by atoms with van der Waals surface area (Å²) in [4.78, 5) is 37.9. The Hall–Kier alpha value is -3.81. The fourth-order valence-corrected chi connectivity index (χ4v) is 4.51. The SMILES string of the molecule is CC(=O)/C(=C\c1cccc([N+](=O)[O-])c1)C(=O)OC(C)(C)CN(C)CCC(c1ccccc1)c1ccccc1.Cl. The van der Waals surface area contributed by atoms with Crippen LogP contribution in [0.3, 0.4) is 0 Å². The van der Waals surface area contributed by atoms with Crippen LogP contribution in [0, 0.1) is 10.1 Å². The third kappa shape index (κ3) is 9.46. The lowest BCUT2D eigenvalue weighted by Gasteiger charge is -2.31. The van der Waals surface area contributed by atoms with Crippen molar-refractivity contribution in [3.63, 3.8) is 0 Å². The number of hydrogen-bond donors (Lipinski definition) is 0. The number of ether oxygens (including phenoxy) is 1. The van der Waals surface area contributed by atoms with Crippen molar-refractivity contribution in [3.8, 4) is 0 Å². The van der Waals surface area contributed by atoms with Crippen molar-refractivity contribution in [1.82, 2.24) is 4.90 Å². The molecule has 0 saturated carbocycles. The molecular weight excluding hydrogens is 516 g/mol. The molecule has 0 aliphatic rings. The summed E-state index contributed by atoms with van der Waals surface area (Å²) < 4.78 is 5.75. The van der Waals surface area contributed by atoms with E-state index in [-0.39, 0.29) is 29.6 Å². The van der Waals surface area contributed by atoms with E-state index in [1.165, 1.54) is 42.3 Å². The maximum Gasteiger partial charge on any atom is 0.342 e. The maximum absolute atomic E-state index is 13.0. The lowest BCUT2D eigenvalue weighted by Crippen LogP contribution is -2.41. The van der Waals surface area contributed by atoms with Gasteiger partial charge in [0.25, 0.3) is 5.69 Å². The molecule has 3 aromatic rings. The van der Waals surface area contributed by atoms with Crippen LogP contribution in [0.1, 0.15) is 49.8 Å². The minimum absolute atomic E-state index is 0. The molecule has 0 atom stereocenters. The predicted octanol–water partition coefficient (Wildman–Crippen LogP) is 6.46. The number of nitro benzene ring substituents is 1. The molecule has 0 amide bonds. The van der Waals surface area contributed by atoms with Gasteiger partial charge in [-0.2, -0.15) is 0 Å². The molecule has 0 aliphatic heterocycles. The van der Waals surface area contributed by atoms with Gasteiger partial charge in [0.05, 0.1) is 4.92 Å². The molecule has 8 heteroatoms. The van der Waals surface area contributed by atoms with Gasteiger partial charge in [-0.15, -0.1) is 12.4 Å². The first-order valence-corrected chi connectivity index (χ1v) is 12.5. The Morgan fingerprint density at radius 1 is 0.974 bits per heavy atom. The molecule has 0 fully saturated rings. The van der Waals surface area contributed by atoms with Crippen LogP contribution in [-0.2, 0) is 14.3 Å². The summed E-state index contributed by atoms with van der Waals surface area (Å²) >= 11 is 0. The number of hydrogen-bond acceptors (Lipinski definition) is 6. The first-order chi connectivity index (χ1) is 18.1. The summed E-state index contributed by atoms with van der Waals surface area (Å²) in [5.41, 5.74) is 1.71. The highest BCUT2D eigenvalue weighted by molar-refractivity contribution is 6.19. The molecule has 206 valence electrons. The largest absolute Gasteiger partial charge is 0.455 e. The number of non-ortho nitro benzene ring substituents is 1. The van der Waals surface area contributed by atoms with Gasteiger partial charge in [0, 0.05) is 24.6 Å². The molecule has 0 radical (unpaired) electrons. The molecule has 0 saturated heterocycles. The fraction of sp³-hybridized carbons (Fsp3) is 0.290. The average molecular weight is 551 g/mol. The Kier molecular flexibility index (Phi) is 11.6. The lowest BCUT2D eigenvalue weighted by molar-refractivity contribution is -0.384. The van der Waals surface area contributed by atoms with E-state index in [9.17, 15) is 19.7 Å². The molecule has 7 nitrogen and oxygen atoms in total. The molecule has 0 spiro atoms. The summed E-state index contributed by atoms with van der Waals surface area (Å²) in [5, 5.41) is 11.1. The topological polar surface area (TPSA) is 89.8 Å². The van der Waals surface area contributed by atoms with Gasteiger partial charge in [0.2, 0.25) is 0 Å². The molecule has 39 heavy (non-hydrogen) atoms. The number of nitrogens with zero attached hydrogens (tertiary/aromatic N) is 2. The number of carbonyl (C=O) groups is 2. The number of esters is 1. The molecule has 0 heterocycles. The summed E-state index contributed by atoms with van der Waals surface area (Å²) in [7, 11) is 1.98. The van der Waals surface area contributed by atoms with Crippen molar-refractivity contribution < 1.29 is 19.2 Å². The van der Waals surface area contributed by atoms with Gasteiger partial charge in [-0.3, -0.25) is 14.9 Å². The second-order valence-electron chi connectivity index (χ2n) is 10.0. The molecule has 0 aliphatic carbocycles. The molecule has 3 rings (SSSR count). The Morgan fingerprint density at radius 3 is 2.05 bits per heavy atom. The standard InChI is InChI=1S/C31H34N2O5.ClH/c1-23(34)29(21-24-12-11-17-27(20-24)33(36)37)30(35)38-31(2,3)22-32(4)19-18-28(25-13-7-5-8-14-25)26-15-9-6-10-16-26;/h5-17,20-21,28H,18-19,22H2,1-4H3;1H/b29-21+;. The lowest BCUT2D eigenvalue weighted by atomic mass is 9.88. The van der Waals surface area contributed by atoms with E-state index in [1.54, 1.807) is 19.9 Å². The molecule has 0 aromatic heterocycles. The van der Waals surface area contributed by atoms with Gasteiger partial charge in [-0.05, 0) is 63.6 Å². The normalized spacial score (nSPS) is 11.7. The van der Waals surface area contributed by atoms with E-state index in [1.807, 2.05) is 43.4 Å². The average Bonchev–Trinajstić information content (AvgIpc) is 2.88. The first kappa shape index (κ1) is 31.4. The number of carbonyl (C=O) groups excluding carboxylic acids is 2. The van der Waals surface area contributed by atoms with Crippen molar-refractivity contribution in [2.24, 2.45) is 0 Å². The van der Waals surface area contributed by atoms with Crippen molar-refractivity contribution in [1.29, 1.82) is 0 Å². The van der Waals surface area contributed by atoms with E-state index in [0.29, 0.717) is 12.1 Å². The minimum atomic E-state index is -0.877. The van der Waals surface area contributed by atoms with Crippen molar-refractivity contribution in [2.75, 3.05) is 20.1 Å². The van der Waals surface area contributed by atoms with Gasteiger partial charge in [0.1, 0.15) is 11.2 Å². The van der Waals surface area contributed by atoms with Crippen LogP contribution in [0.2, 0.25) is 0 Å². The number of benzene rings is 3. The van der Waals surface area contributed by atoms with Crippen LogP contribution in [0.5, 0.6) is 0 Å². The zero-order chi connectivity index (χ0) is 27.7. The Labute approximate surface area is 236 Å². The van der Waals surface area contributed by atoms with Crippen molar-refractivity contribution in [2.45, 2.75) is 38.7 Å². The Bertz CT molecular complexity index is 1250. The van der Waals surface area contributed by atoms with Crippen LogP contribution in [0.4, 0.5) is 5.69 Å². The third-order valence-corrected chi connectivity index (χ3v) is 6.21. The van der Waals surface area contributed by atoms with Crippen molar-refractivity contribution >= 4 is 35.9 Å². The zero-order valence-corrected chi connectivity index (χ0v) is 23.5. The quantitative estimate of drug-likeness (QED) is 0.0641. The molecule has 0 unspecified atom stereocenters. The summed E-state index contributed by atoms with van der Waals surface area (Å²) in [6, 6.07) is 26.5. The van der Waals surface area contributed by atoms with E-state index in [2.05, 4.69) is 29.2 Å². The van der Waals surface area contributed by atoms with Gasteiger partial charge >= 0.3 is 5.97 Å². The fourth-order valence-electron chi connectivity index (χ4n) is 4.51. The smallest absolute Gasteiger partial charge is 0.342 e. The number of ketones is 1. The highest BCUT2D eigenvalue weighted by atomic mass is 35.5.